The van der Waals surface area contributed by atoms with Crippen molar-refractivity contribution in [3.05, 3.63) is 42.5 Å². The number of anilines is 1. The molecule has 3 rings (SSSR count). The summed E-state index contributed by atoms with van der Waals surface area (Å²) in [7, 11) is 0. The van der Waals surface area contributed by atoms with Gasteiger partial charge in [0.25, 0.3) is 0 Å². The molecule has 2 atom stereocenters. The first kappa shape index (κ1) is 16.6. The Labute approximate surface area is 142 Å². The standard InChI is InChI=1S/C18H25N5O/c1-14(16-3-2-6-20-10-16)9-18(24)22-17-11-21-23(13-17)12-15-4-7-19-8-5-15/h4-5,7-8,11,13-14,16,20H,2-3,6,9-10,12H2,1H3,(H,22,24). The summed E-state index contributed by atoms with van der Waals surface area (Å²) in [5.41, 5.74) is 1.88. The first-order valence-corrected chi connectivity index (χ1v) is 8.62. The van der Waals surface area contributed by atoms with Crippen molar-refractivity contribution in [2.75, 3.05) is 18.4 Å². The van der Waals surface area contributed by atoms with Crippen molar-refractivity contribution in [2.24, 2.45) is 11.8 Å². The highest BCUT2D eigenvalue weighted by Crippen LogP contribution is 2.23. The summed E-state index contributed by atoms with van der Waals surface area (Å²) >= 11 is 0. The highest BCUT2D eigenvalue weighted by molar-refractivity contribution is 5.90. The third kappa shape index (κ3) is 4.64. The lowest BCUT2D eigenvalue weighted by atomic mass is 9.85. The van der Waals surface area contributed by atoms with Gasteiger partial charge in [0.05, 0.1) is 18.4 Å². The van der Waals surface area contributed by atoms with E-state index in [1.807, 2.05) is 23.0 Å². The van der Waals surface area contributed by atoms with E-state index in [1.54, 1.807) is 18.6 Å². The molecule has 2 aromatic heterocycles. The van der Waals surface area contributed by atoms with Gasteiger partial charge in [-0.1, -0.05) is 6.92 Å². The van der Waals surface area contributed by atoms with E-state index in [9.17, 15) is 4.79 Å². The van der Waals surface area contributed by atoms with Crippen molar-refractivity contribution in [1.82, 2.24) is 20.1 Å². The number of aromatic nitrogens is 3. The van der Waals surface area contributed by atoms with Crippen molar-refractivity contribution >= 4 is 11.6 Å². The highest BCUT2D eigenvalue weighted by atomic mass is 16.1. The molecular weight excluding hydrogens is 302 g/mol. The largest absolute Gasteiger partial charge is 0.323 e. The molecule has 2 aromatic rings. The molecule has 6 nitrogen and oxygen atoms in total. The van der Waals surface area contributed by atoms with E-state index in [0.29, 0.717) is 24.8 Å². The van der Waals surface area contributed by atoms with Crippen LogP contribution < -0.4 is 10.6 Å². The van der Waals surface area contributed by atoms with E-state index < -0.39 is 0 Å². The molecule has 1 amide bonds. The van der Waals surface area contributed by atoms with Gasteiger partial charge in [-0.15, -0.1) is 0 Å². The summed E-state index contributed by atoms with van der Waals surface area (Å²) < 4.78 is 1.82. The average molecular weight is 327 g/mol. The maximum atomic E-state index is 12.3. The maximum Gasteiger partial charge on any atom is 0.224 e. The highest BCUT2D eigenvalue weighted by Gasteiger charge is 2.22. The molecule has 128 valence electrons. The number of carbonyl (C=O) groups excluding carboxylic acids is 1. The fourth-order valence-corrected chi connectivity index (χ4v) is 3.23. The minimum atomic E-state index is 0.0662. The van der Waals surface area contributed by atoms with E-state index in [0.717, 1.165) is 24.3 Å². The van der Waals surface area contributed by atoms with Crippen LogP contribution in [-0.2, 0) is 11.3 Å². The van der Waals surface area contributed by atoms with Crippen molar-refractivity contribution in [1.29, 1.82) is 0 Å². The predicted molar refractivity (Wildman–Crippen MR) is 93.6 cm³/mol. The van der Waals surface area contributed by atoms with Crippen LogP contribution in [0.25, 0.3) is 0 Å². The topological polar surface area (TPSA) is 71.8 Å². The van der Waals surface area contributed by atoms with Crippen LogP contribution in [0.4, 0.5) is 5.69 Å². The monoisotopic (exact) mass is 327 g/mol. The van der Waals surface area contributed by atoms with Gasteiger partial charge < -0.3 is 10.6 Å². The van der Waals surface area contributed by atoms with Gasteiger partial charge in [0.2, 0.25) is 5.91 Å². The van der Waals surface area contributed by atoms with Gasteiger partial charge in [-0.2, -0.15) is 5.10 Å². The lowest BCUT2D eigenvalue weighted by Crippen LogP contribution is -2.34. The fourth-order valence-electron chi connectivity index (χ4n) is 3.23. The Hall–Kier alpha value is -2.21. The summed E-state index contributed by atoms with van der Waals surface area (Å²) in [6.45, 7) is 4.97. The molecule has 0 bridgehead atoms. The molecule has 6 heteroatoms. The second-order valence-corrected chi connectivity index (χ2v) is 6.62. The molecule has 2 unspecified atom stereocenters. The van der Waals surface area contributed by atoms with Crippen LogP contribution in [-0.4, -0.2) is 33.8 Å². The number of hydrogen-bond acceptors (Lipinski definition) is 4. The number of rotatable bonds is 6. The SMILES string of the molecule is CC(CC(=O)Nc1cnn(Cc2ccncc2)c1)C1CCCNC1. The molecule has 3 heterocycles. The van der Waals surface area contributed by atoms with Gasteiger partial charge in [0.1, 0.15) is 0 Å². The minimum absolute atomic E-state index is 0.0662. The lowest BCUT2D eigenvalue weighted by molar-refractivity contribution is -0.117. The van der Waals surface area contributed by atoms with Crippen LogP contribution in [0.2, 0.25) is 0 Å². The van der Waals surface area contributed by atoms with Gasteiger partial charge >= 0.3 is 0 Å². The molecule has 0 saturated carbocycles. The zero-order chi connectivity index (χ0) is 16.8. The molecular formula is C18H25N5O. The van der Waals surface area contributed by atoms with E-state index >= 15 is 0 Å². The van der Waals surface area contributed by atoms with Gasteiger partial charge in [0.15, 0.2) is 0 Å². The molecule has 0 aliphatic carbocycles. The van der Waals surface area contributed by atoms with E-state index in [1.165, 1.54) is 12.8 Å². The van der Waals surface area contributed by atoms with Crippen molar-refractivity contribution in [3.63, 3.8) is 0 Å². The first-order valence-electron chi connectivity index (χ1n) is 8.62. The molecule has 1 fully saturated rings. The van der Waals surface area contributed by atoms with Gasteiger partial charge in [-0.25, -0.2) is 0 Å². The van der Waals surface area contributed by atoms with Crippen LogP contribution in [0.3, 0.4) is 0 Å². The maximum absolute atomic E-state index is 12.3. The second-order valence-electron chi connectivity index (χ2n) is 6.62. The Morgan fingerprint density at radius 3 is 3.04 bits per heavy atom. The Kier molecular flexibility index (Phi) is 5.59. The summed E-state index contributed by atoms with van der Waals surface area (Å²) in [6.07, 6.45) is 10.1. The summed E-state index contributed by atoms with van der Waals surface area (Å²) in [4.78, 5) is 16.3. The lowest BCUT2D eigenvalue weighted by Gasteiger charge is -2.27. The quantitative estimate of drug-likeness (QED) is 0.854. The zero-order valence-corrected chi connectivity index (χ0v) is 14.1. The van der Waals surface area contributed by atoms with Crippen LogP contribution in [0.5, 0.6) is 0 Å². The van der Waals surface area contributed by atoms with Crippen LogP contribution >= 0.6 is 0 Å². The molecule has 2 N–H and O–H groups in total. The van der Waals surface area contributed by atoms with E-state index in [-0.39, 0.29) is 5.91 Å². The van der Waals surface area contributed by atoms with E-state index in [4.69, 9.17) is 0 Å². The number of amides is 1. The van der Waals surface area contributed by atoms with Crippen LogP contribution in [0, 0.1) is 11.8 Å². The van der Waals surface area contributed by atoms with Gasteiger partial charge in [0, 0.05) is 25.0 Å². The summed E-state index contributed by atoms with van der Waals surface area (Å²) in [5.74, 6) is 1.06. The van der Waals surface area contributed by atoms with Crippen molar-refractivity contribution in [2.45, 2.75) is 32.7 Å². The smallest absolute Gasteiger partial charge is 0.224 e. The Balaban J connectivity index is 1.49. The third-order valence-electron chi connectivity index (χ3n) is 4.66. The number of nitrogens with one attached hydrogen (secondary N) is 2. The number of carbonyl (C=O) groups is 1. The molecule has 1 aliphatic heterocycles. The van der Waals surface area contributed by atoms with Gasteiger partial charge in [-0.05, 0) is 55.5 Å². The van der Waals surface area contributed by atoms with Gasteiger partial charge in [-0.3, -0.25) is 14.5 Å². The Morgan fingerprint density at radius 1 is 1.46 bits per heavy atom. The molecule has 1 aliphatic rings. The molecule has 0 radical (unpaired) electrons. The number of hydrogen-bond donors (Lipinski definition) is 2. The van der Waals surface area contributed by atoms with Crippen LogP contribution in [0.1, 0.15) is 31.7 Å². The molecule has 0 aromatic carbocycles. The average Bonchev–Trinajstić information content (AvgIpc) is 3.03. The normalized spacial score (nSPS) is 19.0. The van der Waals surface area contributed by atoms with Crippen LogP contribution in [0.15, 0.2) is 36.9 Å². The first-order chi connectivity index (χ1) is 11.7. The van der Waals surface area contributed by atoms with Crippen molar-refractivity contribution in [3.8, 4) is 0 Å². The molecule has 1 saturated heterocycles. The Bertz CT molecular complexity index is 648. The Morgan fingerprint density at radius 2 is 2.29 bits per heavy atom. The molecule has 24 heavy (non-hydrogen) atoms. The van der Waals surface area contributed by atoms with E-state index in [2.05, 4.69) is 27.6 Å². The third-order valence-corrected chi connectivity index (χ3v) is 4.66. The second kappa shape index (κ2) is 8.06. The predicted octanol–water partition coefficient (Wildman–Crippen LogP) is 2.29. The number of piperidine rings is 1. The summed E-state index contributed by atoms with van der Waals surface area (Å²) in [6, 6.07) is 3.92. The minimum Gasteiger partial charge on any atom is -0.323 e. The van der Waals surface area contributed by atoms with Crippen molar-refractivity contribution < 1.29 is 4.79 Å². The fraction of sp³-hybridized carbons (Fsp3) is 0.500. The zero-order valence-electron chi connectivity index (χ0n) is 14.1. The molecule has 0 spiro atoms. The number of pyridine rings is 1. The summed E-state index contributed by atoms with van der Waals surface area (Å²) in [5, 5.41) is 10.7. The number of nitrogens with zero attached hydrogens (tertiary/aromatic N) is 3.